The van der Waals surface area contributed by atoms with Crippen molar-refractivity contribution >= 4 is 5.78 Å². The molecule has 0 radical (unpaired) electrons. The summed E-state index contributed by atoms with van der Waals surface area (Å²) in [6, 6.07) is 0. The molecule has 0 aliphatic heterocycles. The van der Waals surface area contributed by atoms with Gasteiger partial charge in [-0.05, 0) is 37.2 Å². The van der Waals surface area contributed by atoms with Gasteiger partial charge in [-0.1, -0.05) is 32.7 Å². The van der Waals surface area contributed by atoms with Crippen LogP contribution in [0.25, 0.3) is 0 Å². The highest BCUT2D eigenvalue weighted by Crippen LogP contribution is 2.30. The van der Waals surface area contributed by atoms with E-state index in [1.165, 1.54) is 0 Å². The number of ether oxygens (including phenoxy) is 1. The summed E-state index contributed by atoms with van der Waals surface area (Å²) in [6.07, 6.45) is 4.83. The number of ketones is 1. The average Bonchev–Trinajstić information content (AvgIpc) is 2.29. The first kappa shape index (κ1) is 13.8. The van der Waals surface area contributed by atoms with Gasteiger partial charge in [0.05, 0.1) is 0 Å². The zero-order valence-corrected chi connectivity index (χ0v) is 10.9. The summed E-state index contributed by atoms with van der Waals surface area (Å²) in [5, 5.41) is 0. The highest BCUT2D eigenvalue weighted by Gasteiger charge is 2.30. The molecule has 0 saturated heterocycles. The lowest BCUT2D eigenvalue weighted by Gasteiger charge is -2.29. The summed E-state index contributed by atoms with van der Waals surface area (Å²) in [5.41, 5.74) is 2.65. The summed E-state index contributed by atoms with van der Waals surface area (Å²) in [5.74, 6) is 1.93. The lowest BCUT2D eigenvalue weighted by atomic mass is 9.81. The molecule has 0 heterocycles. The van der Waals surface area contributed by atoms with Gasteiger partial charge in [-0.15, -0.1) is 0 Å². The third-order valence-corrected chi connectivity index (χ3v) is 3.14. The Bertz CT molecular complexity index is 335. The standard InChI is InChI=1S/C15H22O2/c1-5-13(6-2)17-15-10-12(9-11(3)4)7-8-14(15)16/h5,11-12,15H,1-2,7-10H2,3-4H3. The van der Waals surface area contributed by atoms with Crippen LogP contribution in [0, 0.1) is 11.8 Å². The largest absolute Gasteiger partial charge is 0.475 e. The Hall–Kier alpha value is -1.27. The van der Waals surface area contributed by atoms with Crippen molar-refractivity contribution in [1.29, 1.82) is 0 Å². The van der Waals surface area contributed by atoms with E-state index in [-0.39, 0.29) is 11.9 Å². The Kier molecular flexibility index (Phi) is 5.24. The van der Waals surface area contributed by atoms with E-state index >= 15 is 0 Å². The summed E-state index contributed by atoms with van der Waals surface area (Å²) < 4.78 is 5.59. The van der Waals surface area contributed by atoms with E-state index in [2.05, 4.69) is 32.7 Å². The Morgan fingerprint density at radius 1 is 1.65 bits per heavy atom. The molecule has 2 heteroatoms. The molecule has 17 heavy (non-hydrogen) atoms. The first-order valence-electron chi connectivity index (χ1n) is 6.28. The maximum Gasteiger partial charge on any atom is 0.173 e. The molecule has 1 fully saturated rings. The van der Waals surface area contributed by atoms with Crippen molar-refractivity contribution in [3.63, 3.8) is 0 Å². The van der Waals surface area contributed by atoms with E-state index in [1.807, 2.05) is 0 Å². The van der Waals surface area contributed by atoms with Gasteiger partial charge in [-0.2, -0.15) is 0 Å². The number of allylic oxidation sites excluding steroid dienone is 1. The van der Waals surface area contributed by atoms with Gasteiger partial charge >= 0.3 is 0 Å². The number of rotatable bonds is 5. The molecule has 2 nitrogen and oxygen atoms in total. The van der Waals surface area contributed by atoms with Crippen LogP contribution in [-0.2, 0) is 9.53 Å². The van der Waals surface area contributed by atoms with E-state index in [4.69, 9.17) is 4.74 Å². The van der Waals surface area contributed by atoms with Crippen LogP contribution in [-0.4, -0.2) is 11.9 Å². The Morgan fingerprint density at radius 2 is 2.35 bits per heavy atom. The summed E-state index contributed by atoms with van der Waals surface area (Å²) in [6.45, 7) is 11.6. The molecule has 0 amide bonds. The van der Waals surface area contributed by atoms with E-state index in [0.29, 0.717) is 24.0 Å². The smallest absolute Gasteiger partial charge is 0.173 e. The minimum Gasteiger partial charge on any atom is -0.475 e. The van der Waals surface area contributed by atoms with Gasteiger partial charge in [0.2, 0.25) is 0 Å². The molecule has 2 unspecified atom stereocenters. The van der Waals surface area contributed by atoms with Crippen LogP contribution in [0.5, 0.6) is 0 Å². The number of carbonyl (C=O) groups is 1. The highest BCUT2D eigenvalue weighted by molar-refractivity contribution is 5.84. The van der Waals surface area contributed by atoms with E-state index in [0.717, 1.165) is 19.3 Å². The van der Waals surface area contributed by atoms with Crippen molar-refractivity contribution < 1.29 is 9.53 Å². The molecule has 1 rings (SSSR count). The Labute approximate surface area is 104 Å². The fourth-order valence-corrected chi connectivity index (χ4v) is 2.37. The minimum absolute atomic E-state index is 0.194. The van der Waals surface area contributed by atoms with Crippen LogP contribution in [0.2, 0.25) is 0 Å². The first-order chi connectivity index (χ1) is 8.06. The highest BCUT2D eigenvalue weighted by atomic mass is 16.5. The van der Waals surface area contributed by atoms with Crippen molar-refractivity contribution in [2.24, 2.45) is 11.8 Å². The molecule has 0 N–H and O–H groups in total. The maximum atomic E-state index is 11.8. The lowest BCUT2D eigenvalue weighted by molar-refractivity contribution is -0.131. The van der Waals surface area contributed by atoms with Gasteiger partial charge in [0.1, 0.15) is 0 Å². The molecule has 1 saturated carbocycles. The second-order valence-electron chi connectivity index (χ2n) is 5.09. The molecular weight excluding hydrogens is 212 g/mol. The third-order valence-electron chi connectivity index (χ3n) is 3.14. The van der Waals surface area contributed by atoms with Gasteiger partial charge in [0.25, 0.3) is 0 Å². The Balaban J connectivity index is 2.60. The number of Topliss-reactive ketones (excluding diaryl/α,β-unsaturated/α-hetero) is 1. The van der Waals surface area contributed by atoms with Crippen LogP contribution in [0.3, 0.4) is 0 Å². The van der Waals surface area contributed by atoms with Crippen LogP contribution in [0.15, 0.2) is 30.7 Å². The fraction of sp³-hybridized carbons (Fsp3) is 0.600. The topological polar surface area (TPSA) is 26.3 Å². The molecule has 0 aromatic heterocycles. The number of hydrogen-bond acceptors (Lipinski definition) is 2. The fourth-order valence-electron chi connectivity index (χ4n) is 2.37. The van der Waals surface area contributed by atoms with E-state index in [9.17, 15) is 4.79 Å². The van der Waals surface area contributed by atoms with Gasteiger partial charge < -0.3 is 4.74 Å². The zero-order chi connectivity index (χ0) is 12.8. The molecule has 0 spiro atoms. The maximum absolute atomic E-state index is 11.8. The predicted octanol–water partition coefficient (Wildman–Crippen LogP) is 3.64. The summed E-state index contributed by atoms with van der Waals surface area (Å²) >= 11 is 0. The van der Waals surface area contributed by atoms with Crippen molar-refractivity contribution in [3.8, 4) is 0 Å². The second kappa shape index (κ2) is 6.46. The van der Waals surface area contributed by atoms with E-state index < -0.39 is 0 Å². The average molecular weight is 234 g/mol. The van der Waals surface area contributed by atoms with Crippen molar-refractivity contribution in [2.75, 3.05) is 0 Å². The van der Waals surface area contributed by atoms with Gasteiger partial charge in [0, 0.05) is 6.42 Å². The van der Waals surface area contributed by atoms with E-state index in [1.54, 1.807) is 6.08 Å². The molecule has 2 atom stereocenters. The molecular formula is C15H22O2. The van der Waals surface area contributed by atoms with Crippen LogP contribution in [0.1, 0.15) is 39.5 Å². The molecule has 0 aromatic carbocycles. The van der Waals surface area contributed by atoms with Crippen molar-refractivity contribution in [3.05, 3.63) is 30.7 Å². The second-order valence-corrected chi connectivity index (χ2v) is 5.09. The zero-order valence-electron chi connectivity index (χ0n) is 10.9. The van der Waals surface area contributed by atoms with Crippen molar-refractivity contribution in [2.45, 2.75) is 45.6 Å². The summed E-state index contributed by atoms with van der Waals surface area (Å²) in [7, 11) is 0. The van der Waals surface area contributed by atoms with Gasteiger partial charge in [-0.3, -0.25) is 4.79 Å². The predicted molar refractivity (Wildman–Crippen MR) is 69.5 cm³/mol. The summed E-state index contributed by atoms with van der Waals surface area (Å²) in [4.78, 5) is 11.8. The lowest BCUT2D eigenvalue weighted by Crippen LogP contribution is -2.32. The molecule has 0 aromatic rings. The van der Waals surface area contributed by atoms with Crippen molar-refractivity contribution in [1.82, 2.24) is 0 Å². The van der Waals surface area contributed by atoms with Crippen LogP contribution in [0.4, 0.5) is 0 Å². The number of hydrogen-bond donors (Lipinski definition) is 0. The third kappa shape index (κ3) is 4.24. The Morgan fingerprint density at radius 3 is 2.88 bits per heavy atom. The molecule has 1 aliphatic rings. The van der Waals surface area contributed by atoms with Crippen LogP contribution < -0.4 is 0 Å². The quantitative estimate of drug-likeness (QED) is 0.412. The monoisotopic (exact) mass is 234 g/mol. The minimum atomic E-state index is -0.324. The van der Waals surface area contributed by atoms with Crippen LogP contribution >= 0.6 is 0 Å². The normalized spacial score (nSPS) is 24.3. The SMILES string of the molecule is C=C=C(C=C)OC1CC(CC(C)C)CCC1=O. The van der Waals surface area contributed by atoms with Gasteiger partial charge in [0.15, 0.2) is 17.6 Å². The molecule has 94 valence electrons. The molecule has 0 bridgehead atoms. The molecule has 1 aliphatic carbocycles. The number of carbonyl (C=O) groups excluding carboxylic acids is 1. The van der Waals surface area contributed by atoms with Gasteiger partial charge in [-0.25, -0.2) is 0 Å². The first-order valence-corrected chi connectivity index (χ1v) is 6.28.